The van der Waals surface area contributed by atoms with Gasteiger partial charge in [-0.1, -0.05) is 0 Å². The van der Waals surface area contributed by atoms with Crippen molar-refractivity contribution in [3.05, 3.63) is 0 Å². The Balaban J connectivity index is 2.06. The zero-order chi connectivity index (χ0) is 11.2. The lowest BCUT2D eigenvalue weighted by Crippen LogP contribution is -2.61. The fourth-order valence-electron chi connectivity index (χ4n) is 1.82. The van der Waals surface area contributed by atoms with E-state index in [2.05, 4.69) is 0 Å². The molecule has 2 heterocycles. The molecule has 88 valence electrons. The van der Waals surface area contributed by atoms with Crippen LogP contribution >= 0.6 is 0 Å². The molecule has 0 aliphatic carbocycles. The van der Waals surface area contributed by atoms with E-state index < -0.39 is 37.3 Å². The molecule has 2 aliphatic rings. The first-order valence-electron chi connectivity index (χ1n) is 4.82. The Bertz CT molecular complexity index is 239. The number of hydrogen-bond donors (Lipinski definition) is 4. The van der Waals surface area contributed by atoms with Crippen LogP contribution in [0.3, 0.4) is 0 Å². The predicted molar refractivity (Wildman–Crippen MR) is 46.2 cm³/mol. The van der Waals surface area contributed by atoms with Gasteiger partial charge in [-0.2, -0.15) is 0 Å². The molecular formula is C8H15NO6. The van der Waals surface area contributed by atoms with E-state index in [4.69, 9.17) is 14.7 Å². The molecule has 0 aromatic rings. The summed E-state index contributed by atoms with van der Waals surface area (Å²) >= 11 is 0. The van der Waals surface area contributed by atoms with Crippen molar-refractivity contribution in [1.29, 1.82) is 0 Å². The SMILES string of the molecule is C[C@@H]1ON1[C@@H]1[C@@H](O)[C@H](O)[C@@H](CO)O[C@H]1O. The first kappa shape index (κ1) is 11.2. The smallest absolute Gasteiger partial charge is 0.175 e. The van der Waals surface area contributed by atoms with E-state index in [1.807, 2.05) is 0 Å². The highest BCUT2D eigenvalue weighted by atomic mass is 16.8. The molecule has 2 aliphatic heterocycles. The van der Waals surface area contributed by atoms with Gasteiger partial charge in [0, 0.05) is 0 Å². The summed E-state index contributed by atoms with van der Waals surface area (Å²) in [5, 5.41) is 39.0. The minimum atomic E-state index is -1.29. The third-order valence-corrected chi connectivity index (χ3v) is 2.75. The quantitative estimate of drug-likeness (QED) is 0.378. The monoisotopic (exact) mass is 221 g/mol. The Morgan fingerprint density at radius 1 is 1.20 bits per heavy atom. The fourth-order valence-corrected chi connectivity index (χ4v) is 1.82. The van der Waals surface area contributed by atoms with Gasteiger partial charge in [0.15, 0.2) is 12.5 Å². The van der Waals surface area contributed by atoms with E-state index in [0.29, 0.717) is 0 Å². The molecule has 7 nitrogen and oxygen atoms in total. The van der Waals surface area contributed by atoms with Gasteiger partial charge in [-0.25, -0.2) is 0 Å². The minimum absolute atomic E-state index is 0.208. The van der Waals surface area contributed by atoms with Crippen molar-refractivity contribution in [3.63, 3.8) is 0 Å². The minimum Gasteiger partial charge on any atom is -0.394 e. The van der Waals surface area contributed by atoms with Crippen LogP contribution in [0.4, 0.5) is 0 Å². The molecule has 0 radical (unpaired) electrons. The highest BCUT2D eigenvalue weighted by molar-refractivity contribution is 4.94. The number of hydrogen-bond acceptors (Lipinski definition) is 7. The summed E-state index contributed by atoms with van der Waals surface area (Å²) < 4.78 is 4.95. The number of hydroxylamine groups is 2. The Kier molecular flexibility index (Phi) is 2.95. The Morgan fingerprint density at radius 3 is 2.27 bits per heavy atom. The molecule has 2 fully saturated rings. The van der Waals surface area contributed by atoms with E-state index in [-0.39, 0.29) is 6.23 Å². The summed E-state index contributed by atoms with van der Waals surface area (Å²) in [4.78, 5) is 4.97. The molecule has 0 bridgehead atoms. The van der Waals surface area contributed by atoms with Gasteiger partial charge < -0.3 is 25.2 Å². The lowest BCUT2D eigenvalue weighted by atomic mass is 9.97. The second-order valence-corrected chi connectivity index (χ2v) is 3.78. The standard InChI is InChI=1S/C8H15NO6/c1-3-9(15-3)5-7(12)6(11)4(2-10)14-8(5)13/h3-8,10-13H,2H2,1H3/t3-,4+,5+,6+,7+,8+,9?/m0/s1. The van der Waals surface area contributed by atoms with Crippen LogP contribution in [0.25, 0.3) is 0 Å². The molecule has 0 saturated carbocycles. The fraction of sp³-hybridized carbons (Fsp3) is 1.00. The number of aliphatic hydroxyl groups is 4. The van der Waals surface area contributed by atoms with E-state index in [1.165, 1.54) is 5.06 Å². The summed E-state index contributed by atoms with van der Waals surface area (Å²) in [6.07, 6.45) is -4.91. The van der Waals surface area contributed by atoms with Gasteiger partial charge in [-0.3, -0.25) is 4.84 Å². The highest BCUT2D eigenvalue weighted by Crippen LogP contribution is 2.32. The van der Waals surface area contributed by atoms with Crippen molar-refractivity contribution in [2.24, 2.45) is 0 Å². The molecule has 4 N–H and O–H groups in total. The van der Waals surface area contributed by atoms with Crippen LogP contribution in [0.15, 0.2) is 0 Å². The van der Waals surface area contributed by atoms with Crippen molar-refractivity contribution in [2.45, 2.75) is 43.8 Å². The maximum absolute atomic E-state index is 9.71. The maximum Gasteiger partial charge on any atom is 0.175 e. The zero-order valence-electron chi connectivity index (χ0n) is 8.22. The topological polar surface area (TPSA) is 106 Å². The van der Waals surface area contributed by atoms with Gasteiger partial charge in [-0.05, 0) is 6.92 Å². The van der Waals surface area contributed by atoms with Gasteiger partial charge in [-0.15, -0.1) is 5.06 Å². The molecule has 15 heavy (non-hydrogen) atoms. The molecule has 0 spiro atoms. The van der Waals surface area contributed by atoms with E-state index in [1.54, 1.807) is 6.92 Å². The van der Waals surface area contributed by atoms with Crippen LogP contribution in [0, 0.1) is 0 Å². The molecule has 0 aromatic heterocycles. The summed E-state index contributed by atoms with van der Waals surface area (Å²) in [6.45, 7) is 1.28. The van der Waals surface area contributed by atoms with Crippen molar-refractivity contribution in [3.8, 4) is 0 Å². The summed E-state index contributed by atoms with van der Waals surface area (Å²) in [5.41, 5.74) is 0. The van der Waals surface area contributed by atoms with E-state index >= 15 is 0 Å². The maximum atomic E-state index is 9.71. The molecule has 0 aromatic carbocycles. The van der Waals surface area contributed by atoms with Crippen LogP contribution in [0.1, 0.15) is 6.92 Å². The molecule has 2 saturated heterocycles. The number of nitrogens with zero attached hydrogens (tertiary/aromatic N) is 1. The van der Waals surface area contributed by atoms with Crippen molar-refractivity contribution in [2.75, 3.05) is 6.61 Å². The highest BCUT2D eigenvalue weighted by Gasteiger charge is 2.53. The Labute approximate surface area is 86.4 Å². The first-order valence-corrected chi connectivity index (χ1v) is 4.82. The van der Waals surface area contributed by atoms with Gasteiger partial charge >= 0.3 is 0 Å². The van der Waals surface area contributed by atoms with Gasteiger partial charge in [0.05, 0.1) is 6.61 Å². The molecular weight excluding hydrogens is 206 g/mol. The summed E-state index contributed by atoms with van der Waals surface area (Å²) in [5.74, 6) is 0. The molecule has 2 rings (SSSR count). The molecule has 7 heteroatoms. The lowest BCUT2D eigenvalue weighted by Gasteiger charge is -2.39. The average molecular weight is 221 g/mol. The third kappa shape index (κ3) is 1.87. The number of ether oxygens (including phenoxy) is 1. The first-order chi connectivity index (χ1) is 7.06. The lowest BCUT2D eigenvalue weighted by molar-refractivity contribution is -0.272. The predicted octanol–water partition coefficient (Wildman–Crippen LogP) is -2.62. The van der Waals surface area contributed by atoms with Crippen LogP contribution in [-0.2, 0) is 9.57 Å². The zero-order valence-corrected chi connectivity index (χ0v) is 8.22. The van der Waals surface area contributed by atoms with Crippen LogP contribution in [-0.4, -0.2) is 69.0 Å². The summed E-state index contributed by atoms with van der Waals surface area (Å²) in [7, 11) is 0. The van der Waals surface area contributed by atoms with Crippen molar-refractivity contribution in [1.82, 2.24) is 5.06 Å². The van der Waals surface area contributed by atoms with Crippen LogP contribution in [0.2, 0.25) is 0 Å². The van der Waals surface area contributed by atoms with E-state index in [0.717, 1.165) is 0 Å². The largest absolute Gasteiger partial charge is 0.394 e. The Morgan fingerprint density at radius 2 is 1.80 bits per heavy atom. The number of aliphatic hydroxyl groups excluding tert-OH is 4. The third-order valence-electron chi connectivity index (χ3n) is 2.75. The summed E-state index contributed by atoms with van der Waals surface area (Å²) in [6, 6.07) is -0.821. The van der Waals surface area contributed by atoms with Gasteiger partial charge in [0.1, 0.15) is 24.4 Å². The number of rotatable bonds is 2. The van der Waals surface area contributed by atoms with Gasteiger partial charge in [0.2, 0.25) is 0 Å². The van der Waals surface area contributed by atoms with Gasteiger partial charge in [0.25, 0.3) is 0 Å². The van der Waals surface area contributed by atoms with Crippen LogP contribution < -0.4 is 0 Å². The van der Waals surface area contributed by atoms with Crippen LogP contribution in [0.5, 0.6) is 0 Å². The van der Waals surface area contributed by atoms with Crippen molar-refractivity contribution >= 4 is 0 Å². The molecule has 1 unspecified atom stereocenters. The normalized spacial score (nSPS) is 55.4. The van der Waals surface area contributed by atoms with Crippen molar-refractivity contribution < 1.29 is 30.0 Å². The second kappa shape index (κ2) is 3.95. The molecule has 0 amide bonds. The van der Waals surface area contributed by atoms with E-state index in [9.17, 15) is 15.3 Å². The second-order valence-electron chi connectivity index (χ2n) is 3.78. The Hall–Kier alpha value is -0.280. The molecule has 7 atom stereocenters. The average Bonchev–Trinajstić information content (AvgIpc) is 2.89.